The van der Waals surface area contributed by atoms with Gasteiger partial charge < -0.3 is 15.2 Å². The summed E-state index contributed by atoms with van der Waals surface area (Å²) in [6, 6.07) is 5.73. The lowest BCUT2D eigenvalue weighted by Gasteiger charge is -2.21. The molecule has 4 nitrogen and oxygen atoms in total. The lowest BCUT2D eigenvalue weighted by molar-refractivity contribution is 0.298. The quantitative estimate of drug-likeness (QED) is 0.799. The van der Waals surface area contributed by atoms with E-state index in [0.717, 1.165) is 18.8 Å². The molecule has 1 unspecified atom stereocenters. The molecule has 0 aromatic carbocycles. The molecule has 0 bridgehead atoms. The van der Waals surface area contributed by atoms with Gasteiger partial charge in [0.05, 0.1) is 0 Å². The summed E-state index contributed by atoms with van der Waals surface area (Å²) in [5, 5.41) is 3.44. The zero-order valence-corrected chi connectivity index (χ0v) is 10.4. The summed E-state index contributed by atoms with van der Waals surface area (Å²) in [6.45, 7) is 6.48. The molecule has 0 spiro atoms. The third-order valence-electron chi connectivity index (χ3n) is 3.20. The van der Waals surface area contributed by atoms with Crippen LogP contribution in [-0.4, -0.2) is 35.6 Å². The smallest absolute Gasteiger partial charge is 0.248 e. The van der Waals surface area contributed by atoms with Gasteiger partial charge in [0, 0.05) is 30.9 Å². The van der Waals surface area contributed by atoms with Crippen molar-refractivity contribution in [3.63, 3.8) is 0 Å². The van der Waals surface area contributed by atoms with Gasteiger partial charge in [-0.3, -0.25) is 4.79 Å². The van der Waals surface area contributed by atoms with Crippen molar-refractivity contribution in [2.24, 2.45) is 0 Å². The zero-order valence-electron chi connectivity index (χ0n) is 10.4. The van der Waals surface area contributed by atoms with Crippen LogP contribution in [0.3, 0.4) is 0 Å². The Labute approximate surface area is 102 Å². The molecule has 0 saturated carbocycles. The fourth-order valence-electron chi connectivity index (χ4n) is 2.30. The van der Waals surface area contributed by atoms with Crippen LogP contribution in [0.2, 0.25) is 0 Å². The molecule has 1 aliphatic rings. The molecule has 0 amide bonds. The fourth-order valence-corrected chi connectivity index (χ4v) is 2.30. The van der Waals surface area contributed by atoms with Crippen molar-refractivity contribution in [3.8, 4) is 0 Å². The SMILES string of the molecule is CC(CN1CCCC1)NCc1cccc(=O)[nH]1. The molecule has 2 rings (SSSR count). The molecular weight excluding hydrogens is 214 g/mol. The fraction of sp³-hybridized carbons (Fsp3) is 0.615. The second-order valence-electron chi connectivity index (χ2n) is 4.83. The molecule has 4 heteroatoms. The highest BCUT2D eigenvalue weighted by molar-refractivity contribution is 5.03. The molecular formula is C13H21N3O. The Morgan fingerprint density at radius 2 is 2.18 bits per heavy atom. The first kappa shape index (κ1) is 12.3. The number of hydrogen-bond donors (Lipinski definition) is 2. The van der Waals surface area contributed by atoms with Crippen LogP contribution in [0.5, 0.6) is 0 Å². The molecule has 1 fully saturated rings. The number of nitrogens with zero attached hydrogens (tertiary/aromatic N) is 1. The van der Waals surface area contributed by atoms with Gasteiger partial charge in [0.1, 0.15) is 0 Å². The maximum absolute atomic E-state index is 11.1. The Balaban J connectivity index is 1.75. The number of aromatic nitrogens is 1. The lowest BCUT2D eigenvalue weighted by atomic mass is 10.3. The van der Waals surface area contributed by atoms with Crippen molar-refractivity contribution in [3.05, 3.63) is 34.2 Å². The highest BCUT2D eigenvalue weighted by atomic mass is 16.1. The molecule has 1 aromatic rings. The van der Waals surface area contributed by atoms with Gasteiger partial charge >= 0.3 is 0 Å². The standard InChI is InChI=1S/C13H21N3O/c1-11(10-16-7-2-3-8-16)14-9-12-5-4-6-13(17)15-12/h4-6,11,14H,2-3,7-10H2,1H3,(H,15,17). The van der Waals surface area contributed by atoms with Crippen molar-refractivity contribution < 1.29 is 0 Å². The van der Waals surface area contributed by atoms with Crippen LogP contribution in [0.25, 0.3) is 0 Å². The molecule has 2 N–H and O–H groups in total. The Hall–Kier alpha value is -1.13. The first-order valence-corrected chi connectivity index (χ1v) is 6.38. The van der Waals surface area contributed by atoms with E-state index in [1.807, 2.05) is 6.07 Å². The molecule has 2 heterocycles. The van der Waals surface area contributed by atoms with Gasteiger partial charge in [0.25, 0.3) is 0 Å². The lowest BCUT2D eigenvalue weighted by Crippen LogP contribution is -2.37. The van der Waals surface area contributed by atoms with Gasteiger partial charge in [-0.15, -0.1) is 0 Å². The maximum Gasteiger partial charge on any atom is 0.248 e. The number of hydrogen-bond acceptors (Lipinski definition) is 3. The van der Waals surface area contributed by atoms with Crippen LogP contribution in [0, 0.1) is 0 Å². The Morgan fingerprint density at radius 3 is 2.88 bits per heavy atom. The van der Waals surface area contributed by atoms with Crippen molar-refractivity contribution in [1.29, 1.82) is 0 Å². The van der Waals surface area contributed by atoms with E-state index in [4.69, 9.17) is 0 Å². The minimum absolute atomic E-state index is 0.0310. The van der Waals surface area contributed by atoms with Gasteiger partial charge in [-0.2, -0.15) is 0 Å². The van der Waals surface area contributed by atoms with Gasteiger partial charge in [0.15, 0.2) is 0 Å². The Morgan fingerprint density at radius 1 is 1.41 bits per heavy atom. The van der Waals surface area contributed by atoms with Crippen LogP contribution in [0.1, 0.15) is 25.5 Å². The molecule has 1 saturated heterocycles. The third kappa shape index (κ3) is 3.98. The number of likely N-dealkylation sites (tertiary alicyclic amines) is 1. The molecule has 1 atom stereocenters. The van der Waals surface area contributed by atoms with Crippen molar-refractivity contribution in [1.82, 2.24) is 15.2 Å². The molecule has 0 radical (unpaired) electrons. The van der Waals surface area contributed by atoms with Gasteiger partial charge in [-0.25, -0.2) is 0 Å². The first-order chi connectivity index (χ1) is 8.24. The highest BCUT2D eigenvalue weighted by Crippen LogP contribution is 2.07. The predicted octanol–water partition coefficient (Wildman–Crippen LogP) is 0.949. The second-order valence-corrected chi connectivity index (χ2v) is 4.83. The van der Waals surface area contributed by atoms with E-state index in [0.29, 0.717) is 6.04 Å². The molecule has 0 aliphatic carbocycles. The zero-order chi connectivity index (χ0) is 12.1. The van der Waals surface area contributed by atoms with Crippen LogP contribution in [-0.2, 0) is 6.54 Å². The highest BCUT2D eigenvalue weighted by Gasteiger charge is 2.13. The molecule has 94 valence electrons. The van der Waals surface area contributed by atoms with Crippen molar-refractivity contribution in [2.75, 3.05) is 19.6 Å². The minimum atomic E-state index is -0.0310. The van der Waals surface area contributed by atoms with E-state index in [1.54, 1.807) is 6.07 Å². The summed E-state index contributed by atoms with van der Waals surface area (Å²) in [7, 11) is 0. The average Bonchev–Trinajstić information content (AvgIpc) is 2.79. The monoisotopic (exact) mass is 235 g/mol. The number of rotatable bonds is 5. The van der Waals surface area contributed by atoms with Crippen LogP contribution in [0.15, 0.2) is 23.0 Å². The number of pyridine rings is 1. The predicted molar refractivity (Wildman–Crippen MR) is 69.0 cm³/mol. The van der Waals surface area contributed by atoms with E-state index in [9.17, 15) is 4.79 Å². The van der Waals surface area contributed by atoms with E-state index in [-0.39, 0.29) is 5.56 Å². The van der Waals surface area contributed by atoms with Gasteiger partial charge in [0.2, 0.25) is 5.56 Å². The van der Waals surface area contributed by atoms with E-state index < -0.39 is 0 Å². The summed E-state index contributed by atoms with van der Waals surface area (Å²) >= 11 is 0. The number of H-pyrrole nitrogens is 1. The van der Waals surface area contributed by atoms with Crippen LogP contribution in [0.4, 0.5) is 0 Å². The van der Waals surface area contributed by atoms with Crippen molar-refractivity contribution in [2.45, 2.75) is 32.4 Å². The number of aromatic amines is 1. The van der Waals surface area contributed by atoms with E-state index in [1.165, 1.54) is 32.0 Å². The Bertz CT molecular complexity index is 396. The summed E-state index contributed by atoms with van der Waals surface area (Å²) in [4.78, 5) is 16.4. The van der Waals surface area contributed by atoms with Gasteiger partial charge in [-0.05, 0) is 38.9 Å². The Kier molecular flexibility index (Phi) is 4.34. The molecule has 1 aliphatic heterocycles. The van der Waals surface area contributed by atoms with E-state index >= 15 is 0 Å². The first-order valence-electron chi connectivity index (χ1n) is 6.38. The second kappa shape index (κ2) is 5.98. The topological polar surface area (TPSA) is 48.1 Å². The molecule has 17 heavy (non-hydrogen) atoms. The summed E-state index contributed by atoms with van der Waals surface area (Å²) in [5.41, 5.74) is 0.919. The van der Waals surface area contributed by atoms with Crippen LogP contribution < -0.4 is 10.9 Å². The minimum Gasteiger partial charge on any atom is -0.325 e. The number of nitrogens with one attached hydrogen (secondary N) is 2. The largest absolute Gasteiger partial charge is 0.325 e. The average molecular weight is 235 g/mol. The summed E-state index contributed by atoms with van der Waals surface area (Å²) in [6.07, 6.45) is 2.66. The maximum atomic E-state index is 11.1. The van der Waals surface area contributed by atoms with E-state index in [2.05, 4.69) is 22.1 Å². The van der Waals surface area contributed by atoms with Crippen LogP contribution >= 0.6 is 0 Å². The summed E-state index contributed by atoms with van der Waals surface area (Å²) in [5.74, 6) is 0. The molecule has 1 aromatic heterocycles. The summed E-state index contributed by atoms with van der Waals surface area (Å²) < 4.78 is 0. The third-order valence-corrected chi connectivity index (χ3v) is 3.20. The van der Waals surface area contributed by atoms with Crippen molar-refractivity contribution >= 4 is 0 Å². The normalized spacial score (nSPS) is 18.4. The van der Waals surface area contributed by atoms with Gasteiger partial charge in [-0.1, -0.05) is 6.07 Å².